The minimum absolute atomic E-state index is 0.0373. The zero-order valence-electron chi connectivity index (χ0n) is 13.1. The predicted octanol–water partition coefficient (Wildman–Crippen LogP) is 2.86. The quantitative estimate of drug-likeness (QED) is 0.791. The summed E-state index contributed by atoms with van der Waals surface area (Å²) >= 11 is 5.71. The highest BCUT2D eigenvalue weighted by Gasteiger charge is 2.37. The van der Waals surface area contributed by atoms with Crippen molar-refractivity contribution < 1.29 is 13.9 Å². The predicted molar refractivity (Wildman–Crippen MR) is 88.3 cm³/mol. The third kappa shape index (κ3) is 3.42. The normalized spacial score (nSPS) is 22.6. The van der Waals surface area contributed by atoms with Crippen molar-refractivity contribution in [2.45, 2.75) is 18.9 Å². The number of anilines is 1. The molecular weight excluding hydrogens is 319 g/mol. The van der Waals surface area contributed by atoms with Crippen molar-refractivity contribution in [1.82, 2.24) is 4.90 Å². The van der Waals surface area contributed by atoms with E-state index >= 15 is 0 Å². The standard InChI is InChI=1S/C17H20ClFN2O2/c1-23-11-12-4-7-20(8-5-12)16-6-9-21(17(16)22)13-2-3-14(18)15(19)10-13/h2-4,10,16H,5-9,11H2,1H3/t16-/m1/s1. The summed E-state index contributed by atoms with van der Waals surface area (Å²) in [5.41, 5.74) is 1.86. The third-order valence-corrected chi connectivity index (χ3v) is 4.80. The summed E-state index contributed by atoms with van der Waals surface area (Å²) < 4.78 is 18.8. The van der Waals surface area contributed by atoms with Gasteiger partial charge in [-0.3, -0.25) is 9.69 Å². The number of amides is 1. The number of halogens is 2. The molecule has 1 aromatic carbocycles. The van der Waals surface area contributed by atoms with Gasteiger partial charge in [0.15, 0.2) is 0 Å². The van der Waals surface area contributed by atoms with Crippen LogP contribution in [-0.2, 0) is 9.53 Å². The number of ether oxygens (including phenoxy) is 1. The number of benzene rings is 1. The van der Waals surface area contributed by atoms with Gasteiger partial charge < -0.3 is 9.64 Å². The molecule has 2 heterocycles. The van der Waals surface area contributed by atoms with Crippen molar-refractivity contribution in [3.05, 3.63) is 40.7 Å². The Balaban J connectivity index is 1.68. The van der Waals surface area contributed by atoms with Gasteiger partial charge in [-0.1, -0.05) is 17.7 Å². The van der Waals surface area contributed by atoms with Crippen molar-refractivity contribution in [2.75, 3.05) is 38.3 Å². The SMILES string of the molecule is COCC1=CCN([C@@H]2CCN(c3ccc(Cl)c(F)c3)C2=O)CC1. The molecule has 0 unspecified atom stereocenters. The first-order valence-corrected chi connectivity index (χ1v) is 8.15. The Morgan fingerprint density at radius 1 is 1.39 bits per heavy atom. The molecule has 6 heteroatoms. The molecule has 1 atom stereocenters. The highest BCUT2D eigenvalue weighted by molar-refractivity contribution is 6.30. The van der Waals surface area contributed by atoms with Crippen LogP contribution in [0.25, 0.3) is 0 Å². The van der Waals surface area contributed by atoms with Crippen molar-refractivity contribution >= 4 is 23.2 Å². The van der Waals surface area contributed by atoms with E-state index in [9.17, 15) is 9.18 Å². The van der Waals surface area contributed by atoms with Gasteiger partial charge in [-0.15, -0.1) is 0 Å². The smallest absolute Gasteiger partial charge is 0.244 e. The molecule has 2 aliphatic rings. The molecule has 0 N–H and O–H groups in total. The Labute approximate surface area is 140 Å². The number of carbonyl (C=O) groups is 1. The maximum atomic E-state index is 13.6. The van der Waals surface area contributed by atoms with Crippen LogP contribution >= 0.6 is 11.6 Å². The molecule has 0 bridgehead atoms. The molecule has 0 aliphatic carbocycles. The molecule has 3 rings (SSSR count). The third-order valence-electron chi connectivity index (χ3n) is 4.50. The van der Waals surface area contributed by atoms with E-state index in [4.69, 9.17) is 16.3 Å². The van der Waals surface area contributed by atoms with Crippen LogP contribution in [0.5, 0.6) is 0 Å². The molecule has 0 aromatic heterocycles. The second-order valence-corrected chi connectivity index (χ2v) is 6.34. The summed E-state index contributed by atoms with van der Waals surface area (Å²) in [7, 11) is 1.69. The average molecular weight is 339 g/mol. The summed E-state index contributed by atoms with van der Waals surface area (Å²) in [6.45, 7) is 2.88. The first-order valence-electron chi connectivity index (χ1n) is 7.77. The average Bonchev–Trinajstić information content (AvgIpc) is 2.93. The molecule has 0 saturated carbocycles. The van der Waals surface area contributed by atoms with Crippen LogP contribution in [0.1, 0.15) is 12.8 Å². The number of hydrogen-bond acceptors (Lipinski definition) is 3. The maximum absolute atomic E-state index is 13.6. The Hall–Kier alpha value is -1.43. The minimum Gasteiger partial charge on any atom is -0.380 e. The number of carbonyl (C=O) groups excluding carboxylic acids is 1. The summed E-state index contributed by atoms with van der Waals surface area (Å²) in [4.78, 5) is 16.5. The fourth-order valence-corrected chi connectivity index (χ4v) is 3.36. The topological polar surface area (TPSA) is 32.8 Å². The van der Waals surface area contributed by atoms with Gasteiger partial charge in [0, 0.05) is 32.4 Å². The fourth-order valence-electron chi connectivity index (χ4n) is 3.24. The van der Waals surface area contributed by atoms with E-state index in [2.05, 4.69) is 11.0 Å². The van der Waals surface area contributed by atoms with E-state index < -0.39 is 5.82 Å². The summed E-state index contributed by atoms with van der Waals surface area (Å²) in [5, 5.41) is 0.0730. The Morgan fingerprint density at radius 3 is 2.87 bits per heavy atom. The van der Waals surface area contributed by atoms with Gasteiger partial charge in [0.25, 0.3) is 0 Å². The highest BCUT2D eigenvalue weighted by Crippen LogP contribution is 2.28. The molecule has 124 valence electrons. The van der Waals surface area contributed by atoms with E-state index in [1.807, 2.05) is 0 Å². The molecule has 1 saturated heterocycles. The summed E-state index contributed by atoms with van der Waals surface area (Å²) in [6, 6.07) is 4.38. The van der Waals surface area contributed by atoms with Crippen molar-refractivity contribution in [3.8, 4) is 0 Å². The lowest BCUT2D eigenvalue weighted by molar-refractivity contribution is -0.121. The lowest BCUT2D eigenvalue weighted by atomic mass is 10.1. The van der Waals surface area contributed by atoms with Gasteiger partial charge in [0.2, 0.25) is 5.91 Å². The Morgan fingerprint density at radius 2 is 2.22 bits per heavy atom. The van der Waals surface area contributed by atoms with Crippen molar-refractivity contribution in [3.63, 3.8) is 0 Å². The van der Waals surface area contributed by atoms with Crippen molar-refractivity contribution in [2.24, 2.45) is 0 Å². The zero-order chi connectivity index (χ0) is 16.4. The van der Waals surface area contributed by atoms with Crippen LogP contribution in [-0.4, -0.2) is 50.2 Å². The first kappa shape index (κ1) is 16.4. The molecule has 4 nitrogen and oxygen atoms in total. The van der Waals surface area contributed by atoms with Crippen molar-refractivity contribution in [1.29, 1.82) is 0 Å². The molecular formula is C17H20ClFN2O2. The number of hydrogen-bond donors (Lipinski definition) is 0. The molecule has 2 aliphatic heterocycles. The molecule has 1 aromatic rings. The largest absolute Gasteiger partial charge is 0.380 e. The van der Waals surface area contributed by atoms with Crippen LogP contribution in [0, 0.1) is 5.82 Å². The highest BCUT2D eigenvalue weighted by atomic mass is 35.5. The molecule has 0 spiro atoms. The monoisotopic (exact) mass is 338 g/mol. The molecule has 1 amide bonds. The van der Waals surface area contributed by atoms with E-state index in [1.165, 1.54) is 17.7 Å². The van der Waals surface area contributed by atoms with Crippen LogP contribution in [0.3, 0.4) is 0 Å². The summed E-state index contributed by atoms with van der Waals surface area (Å²) in [6.07, 6.45) is 3.83. The second kappa shape index (κ2) is 6.99. The molecule has 23 heavy (non-hydrogen) atoms. The molecule has 1 fully saturated rings. The number of rotatable bonds is 4. The lowest BCUT2D eigenvalue weighted by Crippen LogP contribution is -2.44. The summed E-state index contributed by atoms with van der Waals surface area (Å²) in [5.74, 6) is -0.458. The van der Waals surface area contributed by atoms with E-state index in [1.54, 1.807) is 18.1 Å². The molecule has 0 radical (unpaired) electrons. The zero-order valence-corrected chi connectivity index (χ0v) is 13.9. The Bertz CT molecular complexity index is 635. The van der Waals surface area contributed by atoms with Gasteiger partial charge in [-0.2, -0.15) is 0 Å². The van der Waals surface area contributed by atoms with Crippen LogP contribution in [0.4, 0.5) is 10.1 Å². The second-order valence-electron chi connectivity index (χ2n) is 5.93. The van der Waals surface area contributed by atoms with Gasteiger partial charge in [0.05, 0.1) is 17.7 Å². The van der Waals surface area contributed by atoms with Crippen LogP contribution in [0.2, 0.25) is 5.02 Å². The van der Waals surface area contributed by atoms with Crippen LogP contribution < -0.4 is 4.90 Å². The van der Waals surface area contributed by atoms with Gasteiger partial charge >= 0.3 is 0 Å². The van der Waals surface area contributed by atoms with Gasteiger partial charge in [0.1, 0.15) is 5.82 Å². The maximum Gasteiger partial charge on any atom is 0.244 e. The fraction of sp³-hybridized carbons (Fsp3) is 0.471. The van der Waals surface area contributed by atoms with Gasteiger partial charge in [-0.25, -0.2) is 4.39 Å². The van der Waals surface area contributed by atoms with Gasteiger partial charge in [-0.05, 0) is 36.6 Å². The number of nitrogens with zero attached hydrogens (tertiary/aromatic N) is 2. The number of methoxy groups -OCH3 is 1. The Kier molecular flexibility index (Phi) is 4.99. The minimum atomic E-state index is -0.495. The van der Waals surface area contributed by atoms with E-state index in [0.717, 1.165) is 25.9 Å². The first-order chi connectivity index (χ1) is 11.1. The van der Waals surface area contributed by atoms with Crippen LogP contribution in [0.15, 0.2) is 29.8 Å². The lowest BCUT2D eigenvalue weighted by Gasteiger charge is -2.30. The van der Waals surface area contributed by atoms with E-state index in [0.29, 0.717) is 18.8 Å². The van der Waals surface area contributed by atoms with E-state index in [-0.39, 0.29) is 17.0 Å².